The number of cyclic esters (lactones) is 1. The van der Waals surface area contributed by atoms with Gasteiger partial charge in [-0.05, 0) is 68.9 Å². The summed E-state index contributed by atoms with van der Waals surface area (Å²) < 4.78 is 21.9. The van der Waals surface area contributed by atoms with E-state index in [2.05, 4.69) is 37.5 Å². The van der Waals surface area contributed by atoms with Gasteiger partial charge >= 0.3 is 5.97 Å². The van der Waals surface area contributed by atoms with Crippen LogP contribution in [0.25, 0.3) is 22.3 Å². The fourth-order valence-electron chi connectivity index (χ4n) is 9.35. The molecule has 4 aliphatic heterocycles. The second-order valence-electron chi connectivity index (χ2n) is 19.3. The fourth-order valence-corrected chi connectivity index (χ4v) is 9.35. The normalized spacial score (nSPS) is 16.9. The van der Waals surface area contributed by atoms with E-state index in [0.717, 1.165) is 4.90 Å². The van der Waals surface area contributed by atoms with Crippen molar-refractivity contribution >= 4 is 58.2 Å². The van der Waals surface area contributed by atoms with Crippen molar-refractivity contribution in [1.82, 2.24) is 57.0 Å². The number of unbranched alkanes of at least 4 members (excludes halogenated alkanes) is 2. The number of rotatable bonds is 21. The smallest absolute Gasteiger partial charge is 0.343 e. The van der Waals surface area contributed by atoms with E-state index in [4.69, 9.17) is 9.72 Å². The van der Waals surface area contributed by atoms with Crippen molar-refractivity contribution in [3.63, 3.8) is 0 Å². The average Bonchev–Trinajstić information content (AvgIpc) is 4.11. The number of nitrogens with one attached hydrogen (secondary N) is 7. The molecule has 0 saturated heterocycles. The summed E-state index contributed by atoms with van der Waals surface area (Å²) in [5.41, 5.74) is 7.05. The Hall–Kier alpha value is -8.31. The van der Waals surface area contributed by atoms with Crippen LogP contribution in [0.1, 0.15) is 86.3 Å². The van der Waals surface area contributed by atoms with Gasteiger partial charge in [-0.2, -0.15) is 0 Å². The van der Waals surface area contributed by atoms with Crippen LogP contribution in [0.15, 0.2) is 77.4 Å². The number of carbonyl (C=O) groups is 8. The standard InChI is InChI=1S/C52H58FN11O11/c1-5-52(74)35-20-39-47-33(26-64(39)49(72)34(35)28-75-50(52)73)32(31-18-29(2)36(53)21-37(31)58-47)25-62-27-40(60-61-62)51(3,4)59-44(68)24-56-48(71)38(19-30-12-8-6-9-13-30)57-43(67)23-55-42(66)22-54-41(65)14-10-7-11-17-63-45(69)15-16-46(63)70/h6,8-9,12-13,15-16,18,20-21,27,38,60-61,74H,5,7,10-11,14,17,19,22-26,28H2,1-4H3,(H,54,65)(H,55,66)(H,56,71)(H,57,67)(H,59,68)/t38-,52+/m1/s1. The third kappa shape index (κ3) is 11.6. The minimum absolute atomic E-state index is 0.0322. The first-order valence-corrected chi connectivity index (χ1v) is 24.5. The first-order chi connectivity index (χ1) is 35.8. The highest BCUT2D eigenvalue weighted by atomic mass is 19.1. The predicted octanol–water partition coefficient (Wildman–Crippen LogP) is 0.650. The van der Waals surface area contributed by atoms with Crippen LogP contribution in [0.3, 0.4) is 0 Å². The van der Waals surface area contributed by atoms with Gasteiger partial charge < -0.3 is 46.4 Å². The molecule has 4 aromatic rings. The van der Waals surface area contributed by atoms with Crippen LogP contribution < -0.4 is 43.1 Å². The van der Waals surface area contributed by atoms with Gasteiger partial charge in [0.15, 0.2) is 5.60 Å². The SMILES string of the molecule is CC[C@@]1(O)C(=O)OCc2c1cc1n(c2=O)Cc2c-1nc1cc(F)c(C)cc1c2CN1C=C(C(C)(C)NC(=O)CNC(=O)[C@@H](Cc2ccccc2)NC(=O)CNC(=O)CNC(=O)CCCCCN2C(=O)C=CC2=O)NN1. The number of hydrogen-bond donors (Lipinski definition) is 8. The fraction of sp³-hybridized carbons (Fsp3) is 0.385. The molecule has 4 aliphatic rings. The summed E-state index contributed by atoms with van der Waals surface area (Å²) in [5, 5.41) is 26.8. The molecular formula is C52H58FN11O11. The Morgan fingerprint density at radius 2 is 1.60 bits per heavy atom. The lowest BCUT2D eigenvalue weighted by atomic mass is 9.86. The van der Waals surface area contributed by atoms with E-state index in [0.29, 0.717) is 69.5 Å². The van der Waals surface area contributed by atoms with Crippen LogP contribution >= 0.6 is 0 Å². The van der Waals surface area contributed by atoms with E-state index < -0.39 is 83.7 Å². The molecule has 7 amide bonds. The number of hydrogen-bond acceptors (Lipinski definition) is 15. The number of nitrogens with zero attached hydrogens (tertiary/aromatic N) is 4. The van der Waals surface area contributed by atoms with Gasteiger partial charge in [0, 0.05) is 60.3 Å². The average molecular weight is 1030 g/mol. The van der Waals surface area contributed by atoms with Gasteiger partial charge in [0.25, 0.3) is 17.4 Å². The van der Waals surface area contributed by atoms with Crippen molar-refractivity contribution in [3.8, 4) is 11.4 Å². The Bertz CT molecular complexity index is 3120. The van der Waals surface area contributed by atoms with Crippen LogP contribution in [0.5, 0.6) is 0 Å². The lowest BCUT2D eigenvalue weighted by Crippen LogP contribution is -2.54. The number of aryl methyl sites for hydroxylation is 1. The molecule has 0 aliphatic carbocycles. The highest BCUT2D eigenvalue weighted by Crippen LogP contribution is 2.41. The summed E-state index contributed by atoms with van der Waals surface area (Å²) in [7, 11) is 0. The van der Waals surface area contributed by atoms with Gasteiger partial charge in [0.1, 0.15) is 18.5 Å². The van der Waals surface area contributed by atoms with E-state index in [-0.39, 0.29) is 68.4 Å². The zero-order valence-electron chi connectivity index (χ0n) is 41.8. The van der Waals surface area contributed by atoms with Gasteiger partial charge in [0.05, 0.1) is 66.4 Å². The molecule has 6 heterocycles. The van der Waals surface area contributed by atoms with Crippen LogP contribution in [-0.2, 0) is 74.8 Å². The molecule has 8 rings (SSSR count). The van der Waals surface area contributed by atoms with Crippen molar-refractivity contribution < 1.29 is 52.6 Å². The molecule has 2 atom stereocenters. The molecular weight excluding hydrogens is 974 g/mol. The summed E-state index contributed by atoms with van der Waals surface area (Å²) in [4.78, 5) is 121. The topological polar surface area (TPSA) is 292 Å². The molecule has 0 saturated carbocycles. The lowest BCUT2D eigenvalue weighted by molar-refractivity contribution is -0.172. The number of hydrazine groups is 2. The molecule has 0 unspecified atom stereocenters. The van der Waals surface area contributed by atoms with Gasteiger partial charge in [-0.25, -0.2) is 14.2 Å². The lowest BCUT2D eigenvalue weighted by Gasteiger charge is -2.31. The van der Waals surface area contributed by atoms with Crippen molar-refractivity contribution in [1.29, 1.82) is 0 Å². The van der Waals surface area contributed by atoms with E-state index in [1.807, 2.05) is 0 Å². The second kappa shape index (κ2) is 22.0. The number of aromatic nitrogens is 2. The third-order valence-electron chi connectivity index (χ3n) is 13.6. The van der Waals surface area contributed by atoms with E-state index in [9.17, 15) is 48.3 Å². The Balaban J connectivity index is 0.861. The zero-order valence-corrected chi connectivity index (χ0v) is 41.8. The van der Waals surface area contributed by atoms with Crippen LogP contribution in [-0.4, -0.2) is 110 Å². The molecule has 394 valence electrons. The number of imide groups is 1. The Kier molecular flexibility index (Phi) is 15.6. The Morgan fingerprint density at radius 1 is 0.893 bits per heavy atom. The molecule has 0 bridgehead atoms. The molecule has 0 fully saturated rings. The van der Waals surface area contributed by atoms with Gasteiger partial charge in [-0.1, -0.05) is 43.7 Å². The molecule has 75 heavy (non-hydrogen) atoms. The number of halogens is 1. The molecule has 22 nitrogen and oxygen atoms in total. The zero-order chi connectivity index (χ0) is 53.8. The number of fused-ring (bicyclic) bond motifs is 5. The Labute approximate surface area is 429 Å². The minimum atomic E-state index is -2.03. The third-order valence-corrected chi connectivity index (χ3v) is 13.6. The molecule has 2 aromatic heterocycles. The van der Waals surface area contributed by atoms with E-state index >= 15 is 4.39 Å². The van der Waals surface area contributed by atoms with Crippen molar-refractivity contribution in [3.05, 3.63) is 122 Å². The number of aliphatic hydroxyl groups is 1. The van der Waals surface area contributed by atoms with Crippen molar-refractivity contribution in [2.75, 3.05) is 26.2 Å². The van der Waals surface area contributed by atoms with Crippen LogP contribution in [0.4, 0.5) is 4.39 Å². The van der Waals surface area contributed by atoms with E-state index in [1.54, 1.807) is 81.4 Å². The first kappa shape index (κ1) is 53.0. The molecule has 23 heteroatoms. The van der Waals surface area contributed by atoms with Crippen LogP contribution in [0, 0.1) is 12.7 Å². The number of carbonyl (C=O) groups excluding carboxylic acids is 8. The van der Waals surface area contributed by atoms with Gasteiger partial charge in [-0.15, -0.1) is 5.53 Å². The molecule has 8 N–H and O–H groups in total. The minimum Gasteiger partial charge on any atom is -0.458 e. The summed E-state index contributed by atoms with van der Waals surface area (Å²) >= 11 is 0. The van der Waals surface area contributed by atoms with Crippen molar-refractivity contribution in [2.24, 2.45) is 0 Å². The molecule has 2 aromatic carbocycles. The number of amides is 7. The number of pyridine rings is 2. The number of ether oxygens (including phenoxy) is 1. The Morgan fingerprint density at radius 3 is 2.33 bits per heavy atom. The molecule has 0 radical (unpaired) electrons. The predicted molar refractivity (Wildman–Crippen MR) is 267 cm³/mol. The first-order valence-electron chi connectivity index (χ1n) is 24.5. The largest absolute Gasteiger partial charge is 0.458 e. The summed E-state index contributed by atoms with van der Waals surface area (Å²) in [6.45, 7) is 5.58. The quantitative estimate of drug-likeness (QED) is 0.0285. The maximum atomic E-state index is 15.1. The monoisotopic (exact) mass is 1030 g/mol. The highest BCUT2D eigenvalue weighted by molar-refractivity contribution is 6.12. The summed E-state index contributed by atoms with van der Waals surface area (Å²) in [6, 6.07) is 12.3. The van der Waals surface area contributed by atoms with Crippen molar-refractivity contribution in [2.45, 2.75) is 103 Å². The highest BCUT2D eigenvalue weighted by Gasteiger charge is 2.46. The van der Waals surface area contributed by atoms with Gasteiger partial charge in [0.2, 0.25) is 29.5 Å². The maximum Gasteiger partial charge on any atom is 0.343 e. The summed E-state index contributed by atoms with van der Waals surface area (Å²) in [5.74, 6) is -5.02. The number of benzene rings is 2. The number of esters is 1. The molecule has 0 spiro atoms. The van der Waals surface area contributed by atoms with E-state index in [1.165, 1.54) is 22.8 Å². The van der Waals surface area contributed by atoms with Gasteiger partial charge in [-0.3, -0.25) is 48.3 Å². The van der Waals surface area contributed by atoms with Crippen LogP contribution in [0.2, 0.25) is 0 Å². The second-order valence-corrected chi connectivity index (χ2v) is 19.3. The summed E-state index contributed by atoms with van der Waals surface area (Å²) in [6.07, 6.45) is 5.86. The maximum absolute atomic E-state index is 15.1.